The van der Waals surface area contributed by atoms with E-state index in [4.69, 9.17) is 9.47 Å². The molecule has 0 radical (unpaired) electrons. The van der Waals surface area contributed by atoms with E-state index in [0.717, 1.165) is 59.7 Å². The maximum absolute atomic E-state index is 5.55. The van der Waals surface area contributed by atoms with Crippen LogP contribution in [0.1, 0.15) is 31.6 Å². The van der Waals surface area contributed by atoms with Crippen molar-refractivity contribution in [1.29, 1.82) is 0 Å². The van der Waals surface area contributed by atoms with Crippen molar-refractivity contribution >= 4 is 22.6 Å². The van der Waals surface area contributed by atoms with Crippen LogP contribution in [0.4, 0.5) is 5.95 Å². The van der Waals surface area contributed by atoms with Gasteiger partial charge in [0.25, 0.3) is 0 Å². The minimum atomic E-state index is 0.123. The van der Waals surface area contributed by atoms with Crippen LogP contribution in [0.5, 0.6) is 0 Å². The highest BCUT2D eigenvalue weighted by Crippen LogP contribution is 2.31. The van der Waals surface area contributed by atoms with Gasteiger partial charge in [0, 0.05) is 55.9 Å². The Balaban J connectivity index is 1.51. The Morgan fingerprint density at radius 1 is 1.23 bits per heavy atom. The number of imidazole rings is 1. The Morgan fingerprint density at radius 3 is 2.87 bits per heavy atom. The lowest BCUT2D eigenvalue weighted by molar-refractivity contribution is 0.0701. The van der Waals surface area contributed by atoms with Gasteiger partial charge >= 0.3 is 0 Å². The summed E-state index contributed by atoms with van der Waals surface area (Å²) in [4.78, 5) is 13.8. The average molecular weight is 422 g/mol. The Hall–Kier alpha value is -3.04. The first kappa shape index (κ1) is 19.9. The first-order valence-electron chi connectivity index (χ1n) is 10.7. The van der Waals surface area contributed by atoms with E-state index in [9.17, 15) is 0 Å². The first-order chi connectivity index (χ1) is 15.1. The van der Waals surface area contributed by atoms with E-state index in [1.807, 2.05) is 30.0 Å². The van der Waals surface area contributed by atoms with Crippen molar-refractivity contribution in [3.05, 3.63) is 36.5 Å². The van der Waals surface area contributed by atoms with E-state index in [1.165, 1.54) is 0 Å². The summed E-state index contributed by atoms with van der Waals surface area (Å²) in [5, 5.41) is 7.84. The van der Waals surface area contributed by atoms with Crippen molar-refractivity contribution < 1.29 is 9.47 Å². The molecule has 31 heavy (non-hydrogen) atoms. The van der Waals surface area contributed by atoms with Crippen LogP contribution in [-0.4, -0.2) is 62.1 Å². The van der Waals surface area contributed by atoms with Crippen LogP contribution in [0.25, 0.3) is 27.8 Å². The Kier molecular flexibility index (Phi) is 5.29. The van der Waals surface area contributed by atoms with Crippen molar-refractivity contribution in [1.82, 2.24) is 29.1 Å². The molecule has 4 aromatic heterocycles. The number of hydrogen-bond acceptors (Lipinski definition) is 7. The van der Waals surface area contributed by atoms with Crippen LogP contribution in [0, 0.1) is 6.92 Å². The van der Waals surface area contributed by atoms with E-state index in [0.29, 0.717) is 18.6 Å². The first-order valence-corrected chi connectivity index (χ1v) is 10.7. The number of pyridine rings is 1. The zero-order valence-corrected chi connectivity index (χ0v) is 18.1. The van der Waals surface area contributed by atoms with Crippen molar-refractivity contribution in [3.63, 3.8) is 0 Å². The van der Waals surface area contributed by atoms with Gasteiger partial charge < -0.3 is 19.4 Å². The molecule has 0 spiro atoms. The van der Waals surface area contributed by atoms with Gasteiger partial charge in [-0.15, -0.1) is 5.10 Å². The van der Waals surface area contributed by atoms with E-state index >= 15 is 0 Å². The van der Waals surface area contributed by atoms with Gasteiger partial charge in [-0.25, -0.2) is 19.5 Å². The predicted molar refractivity (Wildman–Crippen MR) is 118 cm³/mol. The SMILES string of the molecule is COC[C@@H](C)Nc1ncc2c(-c3cnc4nc(C)n(C5CCOCC5)c4c3)ccn2n1. The van der Waals surface area contributed by atoms with Gasteiger partial charge in [0.05, 0.1) is 23.8 Å². The number of nitrogens with one attached hydrogen (secondary N) is 1. The van der Waals surface area contributed by atoms with Gasteiger partial charge in [-0.2, -0.15) is 0 Å². The molecule has 0 aliphatic carbocycles. The Bertz CT molecular complexity index is 1210. The lowest BCUT2D eigenvalue weighted by Crippen LogP contribution is -2.22. The van der Waals surface area contributed by atoms with E-state index in [-0.39, 0.29) is 6.04 Å². The molecule has 0 aromatic carbocycles. The van der Waals surface area contributed by atoms with Crippen LogP contribution in [0.2, 0.25) is 0 Å². The van der Waals surface area contributed by atoms with Gasteiger partial charge in [0.1, 0.15) is 5.82 Å². The number of anilines is 1. The number of fused-ring (bicyclic) bond motifs is 2. The zero-order valence-electron chi connectivity index (χ0n) is 18.1. The van der Waals surface area contributed by atoms with Crippen LogP contribution >= 0.6 is 0 Å². The number of ether oxygens (including phenoxy) is 2. The van der Waals surface area contributed by atoms with Crippen LogP contribution in [-0.2, 0) is 9.47 Å². The molecule has 1 fully saturated rings. The van der Waals surface area contributed by atoms with Gasteiger partial charge in [-0.1, -0.05) is 0 Å². The second-order valence-electron chi connectivity index (χ2n) is 8.08. The molecule has 5 heterocycles. The Morgan fingerprint density at radius 2 is 2.06 bits per heavy atom. The van der Waals surface area contributed by atoms with Gasteiger partial charge in [0.15, 0.2) is 5.65 Å². The summed E-state index contributed by atoms with van der Waals surface area (Å²) in [6.45, 7) is 6.25. The summed E-state index contributed by atoms with van der Waals surface area (Å²) in [6.07, 6.45) is 7.66. The molecule has 5 rings (SSSR count). The number of hydrogen-bond donors (Lipinski definition) is 1. The number of nitrogens with zero attached hydrogens (tertiary/aromatic N) is 6. The molecule has 1 saturated heterocycles. The van der Waals surface area contributed by atoms with E-state index < -0.39 is 0 Å². The van der Waals surface area contributed by atoms with Gasteiger partial charge in [-0.3, -0.25) is 0 Å². The topological polar surface area (TPSA) is 91.4 Å². The molecule has 0 saturated carbocycles. The van der Waals surface area contributed by atoms with Crippen molar-refractivity contribution in [2.24, 2.45) is 0 Å². The van der Waals surface area contributed by atoms with Crippen LogP contribution in [0.15, 0.2) is 30.7 Å². The van der Waals surface area contributed by atoms with E-state index in [2.05, 4.69) is 49.0 Å². The molecule has 162 valence electrons. The second kappa shape index (κ2) is 8.24. The second-order valence-corrected chi connectivity index (χ2v) is 8.08. The summed E-state index contributed by atoms with van der Waals surface area (Å²) < 4.78 is 14.9. The normalized spacial score (nSPS) is 16.2. The number of aromatic nitrogens is 6. The lowest BCUT2D eigenvalue weighted by Gasteiger charge is -2.25. The molecule has 9 heteroatoms. The fourth-order valence-electron chi connectivity index (χ4n) is 4.36. The number of rotatable bonds is 6. The molecular formula is C22H27N7O2. The third kappa shape index (κ3) is 3.75. The quantitative estimate of drug-likeness (QED) is 0.511. The van der Waals surface area contributed by atoms with E-state index in [1.54, 1.807) is 7.11 Å². The molecule has 1 aliphatic heterocycles. The molecule has 1 atom stereocenters. The molecule has 0 bridgehead atoms. The number of aryl methyl sites for hydroxylation is 1. The maximum Gasteiger partial charge on any atom is 0.241 e. The largest absolute Gasteiger partial charge is 0.383 e. The average Bonchev–Trinajstić information content (AvgIpc) is 3.33. The minimum Gasteiger partial charge on any atom is -0.383 e. The zero-order chi connectivity index (χ0) is 21.4. The standard InChI is InChI=1S/C22H27N7O2/c1-14(13-30-3)25-22-24-12-20-18(4-7-28(20)27-22)16-10-19-21(23-11-16)26-15(2)29(19)17-5-8-31-9-6-17/h4,7,10-12,14,17H,5-6,8-9,13H2,1-3H3,(H,25,27)/t14-/m1/s1. The van der Waals surface area contributed by atoms with Crippen molar-refractivity contribution in [2.75, 3.05) is 32.2 Å². The summed E-state index contributed by atoms with van der Waals surface area (Å²) in [6, 6.07) is 4.75. The molecular weight excluding hydrogens is 394 g/mol. The summed E-state index contributed by atoms with van der Waals surface area (Å²) in [5.74, 6) is 1.57. The fraction of sp³-hybridized carbons (Fsp3) is 0.455. The van der Waals surface area contributed by atoms with Gasteiger partial charge in [-0.05, 0) is 38.8 Å². The minimum absolute atomic E-state index is 0.123. The highest BCUT2D eigenvalue weighted by Gasteiger charge is 2.21. The molecule has 0 unspecified atom stereocenters. The lowest BCUT2D eigenvalue weighted by atomic mass is 10.1. The Labute approximate surface area is 180 Å². The molecule has 9 nitrogen and oxygen atoms in total. The van der Waals surface area contributed by atoms with Crippen molar-refractivity contribution in [3.8, 4) is 11.1 Å². The summed E-state index contributed by atoms with van der Waals surface area (Å²) in [5.41, 5.74) is 4.85. The molecule has 4 aromatic rings. The highest BCUT2D eigenvalue weighted by molar-refractivity contribution is 5.85. The molecule has 1 aliphatic rings. The van der Waals surface area contributed by atoms with Crippen molar-refractivity contribution in [2.45, 2.75) is 38.8 Å². The van der Waals surface area contributed by atoms with Gasteiger partial charge in [0.2, 0.25) is 5.95 Å². The van der Waals surface area contributed by atoms with Crippen LogP contribution < -0.4 is 5.32 Å². The maximum atomic E-state index is 5.55. The smallest absolute Gasteiger partial charge is 0.241 e. The van der Waals surface area contributed by atoms with Crippen LogP contribution in [0.3, 0.4) is 0 Å². The predicted octanol–water partition coefficient (Wildman–Crippen LogP) is 3.25. The number of methoxy groups -OCH3 is 1. The summed E-state index contributed by atoms with van der Waals surface area (Å²) in [7, 11) is 1.68. The third-order valence-electron chi connectivity index (χ3n) is 5.80. The highest BCUT2D eigenvalue weighted by atomic mass is 16.5. The molecule has 0 amide bonds. The fourth-order valence-corrected chi connectivity index (χ4v) is 4.36. The summed E-state index contributed by atoms with van der Waals surface area (Å²) >= 11 is 0. The third-order valence-corrected chi connectivity index (χ3v) is 5.80. The molecule has 1 N–H and O–H groups in total. The monoisotopic (exact) mass is 421 g/mol.